The van der Waals surface area contributed by atoms with Gasteiger partial charge in [-0.05, 0) is 30.5 Å². The SMILES string of the molecule is Nc1nc(NCc2ccc(Cl)cc2)nc(N2CCCC2)n1. The van der Waals surface area contributed by atoms with Crippen LogP contribution in [0.2, 0.25) is 5.02 Å². The van der Waals surface area contributed by atoms with Gasteiger partial charge in [-0.1, -0.05) is 23.7 Å². The summed E-state index contributed by atoms with van der Waals surface area (Å²) in [4.78, 5) is 14.9. The lowest BCUT2D eigenvalue weighted by Gasteiger charge is -2.16. The fourth-order valence-electron chi connectivity index (χ4n) is 2.30. The zero-order valence-corrected chi connectivity index (χ0v) is 12.3. The highest BCUT2D eigenvalue weighted by Crippen LogP contribution is 2.18. The molecule has 0 atom stereocenters. The fourth-order valence-corrected chi connectivity index (χ4v) is 2.43. The molecule has 1 aromatic carbocycles. The van der Waals surface area contributed by atoms with E-state index in [0.29, 0.717) is 18.4 Å². The van der Waals surface area contributed by atoms with Gasteiger partial charge in [0.25, 0.3) is 0 Å². The first-order valence-corrected chi connectivity index (χ1v) is 7.33. The van der Waals surface area contributed by atoms with Crippen LogP contribution in [-0.2, 0) is 6.54 Å². The van der Waals surface area contributed by atoms with Crippen LogP contribution in [0.25, 0.3) is 0 Å². The van der Waals surface area contributed by atoms with Crippen LogP contribution in [0.1, 0.15) is 18.4 Å². The predicted octanol–water partition coefficient (Wildman–Crippen LogP) is 2.32. The Morgan fingerprint density at radius 1 is 1.10 bits per heavy atom. The average Bonchev–Trinajstić information content (AvgIpc) is 3.00. The number of nitrogens with one attached hydrogen (secondary N) is 1. The minimum absolute atomic E-state index is 0.241. The molecule has 1 aliphatic heterocycles. The molecule has 1 aliphatic rings. The Labute approximate surface area is 128 Å². The highest BCUT2D eigenvalue weighted by molar-refractivity contribution is 6.30. The summed E-state index contributed by atoms with van der Waals surface area (Å²) in [7, 11) is 0. The summed E-state index contributed by atoms with van der Waals surface area (Å²) in [5.41, 5.74) is 6.87. The fraction of sp³-hybridized carbons (Fsp3) is 0.357. The Kier molecular flexibility index (Phi) is 4.06. The summed E-state index contributed by atoms with van der Waals surface area (Å²) in [5, 5.41) is 3.89. The number of rotatable bonds is 4. The second-order valence-corrected chi connectivity index (χ2v) is 5.43. The van der Waals surface area contributed by atoms with E-state index in [9.17, 15) is 0 Å². The van der Waals surface area contributed by atoms with Gasteiger partial charge >= 0.3 is 0 Å². The maximum Gasteiger partial charge on any atom is 0.231 e. The van der Waals surface area contributed by atoms with Gasteiger partial charge < -0.3 is 16.0 Å². The van der Waals surface area contributed by atoms with Gasteiger partial charge in [0.1, 0.15) is 0 Å². The summed E-state index contributed by atoms with van der Waals surface area (Å²) in [5.74, 6) is 1.39. The van der Waals surface area contributed by atoms with E-state index in [2.05, 4.69) is 25.2 Å². The third-order valence-corrected chi connectivity index (χ3v) is 3.65. The van der Waals surface area contributed by atoms with Crippen LogP contribution >= 0.6 is 11.6 Å². The van der Waals surface area contributed by atoms with Crippen LogP contribution in [0, 0.1) is 0 Å². The quantitative estimate of drug-likeness (QED) is 0.902. The molecule has 0 radical (unpaired) electrons. The third kappa shape index (κ3) is 3.52. The molecule has 6 nitrogen and oxygen atoms in total. The number of benzene rings is 1. The summed E-state index contributed by atoms with van der Waals surface area (Å²) < 4.78 is 0. The molecule has 2 aromatic rings. The van der Waals surface area contributed by atoms with Crippen molar-refractivity contribution >= 4 is 29.4 Å². The van der Waals surface area contributed by atoms with Crippen molar-refractivity contribution in [3.8, 4) is 0 Å². The first kappa shape index (κ1) is 13.9. The number of aromatic nitrogens is 3. The Balaban J connectivity index is 1.71. The Morgan fingerprint density at radius 3 is 2.52 bits per heavy atom. The maximum atomic E-state index is 5.87. The molecule has 3 rings (SSSR count). The predicted molar refractivity (Wildman–Crippen MR) is 84.5 cm³/mol. The molecule has 0 spiro atoms. The molecule has 0 aliphatic carbocycles. The molecule has 0 amide bonds. The van der Waals surface area contributed by atoms with Crippen molar-refractivity contribution in [3.63, 3.8) is 0 Å². The molecule has 0 bridgehead atoms. The number of nitrogens with zero attached hydrogens (tertiary/aromatic N) is 4. The molecule has 21 heavy (non-hydrogen) atoms. The van der Waals surface area contributed by atoms with Gasteiger partial charge in [-0.3, -0.25) is 0 Å². The van der Waals surface area contributed by atoms with Crippen molar-refractivity contribution in [2.24, 2.45) is 0 Å². The minimum Gasteiger partial charge on any atom is -0.368 e. The second-order valence-electron chi connectivity index (χ2n) is 4.99. The van der Waals surface area contributed by atoms with E-state index in [-0.39, 0.29) is 5.95 Å². The molecule has 1 aromatic heterocycles. The Hall–Kier alpha value is -2.08. The van der Waals surface area contributed by atoms with E-state index in [1.54, 1.807) is 0 Å². The topological polar surface area (TPSA) is 80.0 Å². The van der Waals surface area contributed by atoms with Crippen LogP contribution in [0.4, 0.5) is 17.8 Å². The van der Waals surface area contributed by atoms with Crippen LogP contribution in [0.5, 0.6) is 0 Å². The number of nitrogen functional groups attached to an aromatic ring is 1. The van der Waals surface area contributed by atoms with Gasteiger partial charge in [-0.25, -0.2) is 0 Å². The van der Waals surface area contributed by atoms with Crippen molar-refractivity contribution in [3.05, 3.63) is 34.9 Å². The highest BCUT2D eigenvalue weighted by atomic mass is 35.5. The van der Waals surface area contributed by atoms with Gasteiger partial charge in [0.15, 0.2) is 0 Å². The van der Waals surface area contributed by atoms with E-state index < -0.39 is 0 Å². The van der Waals surface area contributed by atoms with Crippen molar-refractivity contribution in [1.29, 1.82) is 0 Å². The van der Waals surface area contributed by atoms with Gasteiger partial charge in [0, 0.05) is 24.7 Å². The minimum atomic E-state index is 0.241. The summed E-state index contributed by atoms with van der Waals surface area (Å²) in [6.07, 6.45) is 2.33. The van der Waals surface area contributed by atoms with Gasteiger partial charge in [-0.15, -0.1) is 0 Å². The van der Waals surface area contributed by atoms with E-state index in [1.165, 1.54) is 12.8 Å². The van der Waals surface area contributed by atoms with E-state index >= 15 is 0 Å². The normalized spacial score (nSPS) is 14.4. The van der Waals surface area contributed by atoms with E-state index in [1.807, 2.05) is 24.3 Å². The molecule has 110 valence electrons. The smallest absolute Gasteiger partial charge is 0.231 e. The standard InChI is InChI=1S/C14H17ClN6/c15-11-5-3-10(4-6-11)9-17-13-18-12(16)19-14(20-13)21-7-1-2-8-21/h3-6H,1-2,7-9H2,(H3,16,17,18,19,20). The number of hydrogen-bond acceptors (Lipinski definition) is 6. The molecule has 2 heterocycles. The molecular formula is C14H17ClN6. The van der Waals surface area contributed by atoms with E-state index in [4.69, 9.17) is 17.3 Å². The average molecular weight is 305 g/mol. The second kappa shape index (κ2) is 6.13. The van der Waals surface area contributed by atoms with Crippen molar-refractivity contribution in [1.82, 2.24) is 15.0 Å². The van der Waals surface area contributed by atoms with Crippen LogP contribution in [0.3, 0.4) is 0 Å². The monoisotopic (exact) mass is 304 g/mol. The number of hydrogen-bond donors (Lipinski definition) is 2. The largest absolute Gasteiger partial charge is 0.368 e. The van der Waals surface area contributed by atoms with Crippen LogP contribution < -0.4 is 16.0 Å². The summed E-state index contributed by atoms with van der Waals surface area (Å²) in [6.45, 7) is 2.56. The summed E-state index contributed by atoms with van der Waals surface area (Å²) in [6, 6.07) is 7.63. The zero-order chi connectivity index (χ0) is 14.7. The number of halogens is 1. The Bertz CT molecular complexity index is 609. The Morgan fingerprint density at radius 2 is 1.81 bits per heavy atom. The van der Waals surface area contributed by atoms with Crippen LogP contribution in [-0.4, -0.2) is 28.0 Å². The van der Waals surface area contributed by atoms with Crippen molar-refractivity contribution < 1.29 is 0 Å². The van der Waals surface area contributed by atoms with Crippen molar-refractivity contribution in [2.75, 3.05) is 29.0 Å². The number of anilines is 3. The zero-order valence-electron chi connectivity index (χ0n) is 11.6. The van der Waals surface area contributed by atoms with Gasteiger partial charge in [0.2, 0.25) is 17.8 Å². The molecule has 1 fully saturated rings. The van der Waals surface area contributed by atoms with Gasteiger partial charge in [0.05, 0.1) is 0 Å². The first-order valence-electron chi connectivity index (χ1n) is 6.95. The molecule has 7 heteroatoms. The third-order valence-electron chi connectivity index (χ3n) is 3.39. The van der Waals surface area contributed by atoms with Gasteiger partial charge in [-0.2, -0.15) is 15.0 Å². The lowest BCUT2D eigenvalue weighted by Crippen LogP contribution is -2.22. The molecule has 3 N–H and O–H groups in total. The lowest BCUT2D eigenvalue weighted by atomic mass is 10.2. The molecule has 0 unspecified atom stereocenters. The molecule has 1 saturated heterocycles. The summed E-state index contributed by atoms with van der Waals surface area (Å²) >= 11 is 5.87. The highest BCUT2D eigenvalue weighted by Gasteiger charge is 2.16. The lowest BCUT2D eigenvalue weighted by molar-refractivity contribution is 0.881. The van der Waals surface area contributed by atoms with Crippen molar-refractivity contribution in [2.45, 2.75) is 19.4 Å². The van der Waals surface area contributed by atoms with Crippen LogP contribution in [0.15, 0.2) is 24.3 Å². The first-order chi connectivity index (χ1) is 10.2. The maximum absolute atomic E-state index is 5.87. The molecular weight excluding hydrogens is 288 g/mol. The number of nitrogens with two attached hydrogens (primary N) is 1. The molecule has 0 saturated carbocycles. The van der Waals surface area contributed by atoms with E-state index in [0.717, 1.165) is 23.7 Å².